The molecule has 5 heteroatoms. The molecule has 4 nitrogen and oxygen atoms in total. The Morgan fingerprint density at radius 1 is 1.39 bits per heavy atom. The third-order valence-corrected chi connectivity index (χ3v) is 3.43. The third kappa shape index (κ3) is 1.69. The van der Waals surface area contributed by atoms with Gasteiger partial charge in [-0.3, -0.25) is 4.79 Å². The summed E-state index contributed by atoms with van der Waals surface area (Å²) >= 11 is 0. The van der Waals surface area contributed by atoms with Crippen LogP contribution in [0, 0.1) is 0 Å². The molecule has 0 aliphatic carbocycles. The van der Waals surface area contributed by atoms with E-state index >= 15 is 0 Å². The Bertz CT molecular complexity index is 516. The molecule has 1 amide bonds. The van der Waals surface area contributed by atoms with Crippen LogP contribution >= 0.6 is 12.4 Å². The molecule has 0 saturated heterocycles. The maximum Gasteiger partial charge on any atom is 0.240 e. The summed E-state index contributed by atoms with van der Waals surface area (Å²) in [6, 6.07) is 5.69. The SMILES string of the molecule is COc1ccc2c(c1)[C@]1(C=CCNC1)C(=O)N2.Cl. The van der Waals surface area contributed by atoms with Crippen molar-refractivity contribution in [2.75, 3.05) is 25.5 Å². The van der Waals surface area contributed by atoms with E-state index in [0.717, 1.165) is 23.5 Å². The fourth-order valence-electron chi connectivity index (χ4n) is 2.50. The molecule has 0 saturated carbocycles. The summed E-state index contributed by atoms with van der Waals surface area (Å²) in [5.41, 5.74) is 1.30. The number of ether oxygens (including phenoxy) is 1. The molecule has 96 valence electrons. The Kier molecular flexibility index (Phi) is 3.32. The van der Waals surface area contributed by atoms with Gasteiger partial charge in [0, 0.05) is 18.8 Å². The number of carbonyl (C=O) groups excluding carboxylic acids is 1. The van der Waals surface area contributed by atoms with E-state index in [4.69, 9.17) is 4.74 Å². The van der Waals surface area contributed by atoms with Crippen molar-refractivity contribution in [2.24, 2.45) is 0 Å². The number of amides is 1. The number of rotatable bonds is 1. The lowest BCUT2D eigenvalue weighted by molar-refractivity contribution is -0.119. The molecule has 18 heavy (non-hydrogen) atoms. The molecule has 2 aliphatic heterocycles. The maximum atomic E-state index is 12.2. The second kappa shape index (κ2) is 4.63. The van der Waals surface area contributed by atoms with E-state index in [1.54, 1.807) is 7.11 Å². The van der Waals surface area contributed by atoms with Gasteiger partial charge in [0.2, 0.25) is 5.91 Å². The molecule has 0 bridgehead atoms. The van der Waals surface area contributed by atoms with Crippen molar-refractivity contribution >= 4 is 24.0 Å². The van der Waals surface area contributed by atoms with Crippen LogP contribution in [-0.2, 0) is 10.2 Å². The van der Waals surface area contributed by atoms with Gasteiger partial charge in [0.05, 0.1) is 7.11 Å². The van der Waals surface area contributed by atoms with E-state index in [-0.39, 0.29) is 18.3 Å². The summed E-state index contributed by atoms with van der Waals surface area (Å²) in [4.78, 5) is 12.2. The lowest BCUT2D eigenvalue weighted by Gasteiger charge is -2.27. The standard InChI is InChI=1S/C13H14N2O2.ClH/c1-17-9-3-4-11-10(7-9)13(12(16)15-11)5-2-6-14-8-13;/h2-5,7,14H,6,8H2,1H3,(H,15,16);1H/t13-;/m1./s1. The molecule has 1 spiro atoms. The number of anilines is 1. The number of carbonyl (C=O) groups is 1. The van der Waals surface area contributed by atoms with Gasteiger partial charge < -0.3 is 15.4 Å². The fraction of sp³-hybridized carbons (Fsp3) is 0.308. The molecular formula is C13H15ClN2O2. The monoisotopic (exact) mass is 266 g/mol. The lowest BCUT2D eigenvalue weighted by Crippen LogP contribution is -2.45. The van der Waals surface area contributed by atoms with Gasteiger partial charge in [0.15, 0.2) is 0 Å². The maximum absolute atomic E-state index is 12.2. The number of halogens is 1. The van der Waals surface area contributed by atoms with Gasteiger partial charge in [0.25, 0.3) is 0 Å². The molecule has 0 radical (unpaired) electrons. The van der Waals surface area contributed by atoms with Gasteiger partial charge in [-0.05, 0) is 23.8 Å². The van der Waals surface area contributed by atoms with Crippen molar-refractivity contribution in [2.45, 2.75) is 5.41 Å². The summed E-state index contributed by atoms with van der Waals surface area (Å²) in [5, 5.41) is 6.16. The van der Waals surface area contributed by atoms with Gasteiger partial charge in [-0.25, -0.2) is 0 Å². The molecule has 1 aromatic rings. The Hall–Kier alpha value is -1.52. The first-order valence-corrected chi connectivity index (χ1v) is 5.65. The van der Waals surface area contributed by atoms with Gasteiger partial charge in [-0.1, -0.05) is 12.2 Å². The molecule has 2 N–H and O–H groups in total. The average Bonchev–Trinajstić information content (AvgIpc) is 2.63. The second-order valence-electron chi connectivity index (χ2n) is 4.37. The predicted molar refractivity (Wildman–Crippen MR) is 72.6 cm³/mol. The van der Waals surface area contributed by atoms with Crippen LogP contribution in [0.25, 0.3) is 0 Å². The summed E-state index contributed by atoms with van der Waals surface area (Å²) in [7, 11) is 1.63. The third-order valence-electron chi connectivity index (χ3n) is 3.43. The van der Waals surface area contributed by atoms with E-state index in [0.29, 0.717) is 6.54 Å². The van der Waals surface area contributed by atoms with E-state index in [9.17, 15) is 4.79 Å². The van der Waals surface area contributed by atoms with Crippen LogP contribution in [-0.4, -0.2) is 26.1 Å². The Morgan fingerprint density at radius 3 is 2.89 bits per heavy atom. The highest BCUT2D eigenvalue weighted by Gasteiger charge is 2.45. The minimum Gasteiger partial charge on any atom is -0.497 e. The number of benzene rings is 1. The summed E-state index contributed by atoms with van der Waals surface area (Å²) in [6.45, 7) is 1.45. The quantitative estimate of drug-likeness (QED) is 0.757. The highest BCUT2D eigenvalue weighted by molar-refractivity contribution is 6.08. The van der Waals surface area contributed by atoms with Gasteiger partial charge in [-0.2, -0.15) is 0 Å². The number of hydrogen-bond donors (Lipinski definition) is 2. The molecule has 2 aliphatic rings. The normalized spacial score (nSPS) is 24.4. The molecule has 0 aromatic heterocycles. The van der Waals surface area contributed by atoms with Gasteiger partial charge in [-0.15, -0.1) is 12.4 Å². The Balaban J connectivity index is 0.00000120. The molecular weight excluding hydrogens is 252 g/mol. The average molecular weight is 267 g/mol. The topological polar surface area (TPSA) is 50.4 Å². The van der Waals surface area contributed by atoms with Crippen LogP contribution < -0.4 is 15.4 Å². The van der Waals surface area contributed by atoms with E-state index in [1.807, 2.05) is 30.4 Å². The number of nitrogens with one attached hydrogen (secondary N) is 2. The largest absolute Gasteiger partial charge is 0.497 e. The van der Waals surface area contributed by atoms with Crippen molar-refractivity contribution < 1.29 is 9.53 Å². The first kappa shape index (κ1) is 12.9. The van der Waals surface area contributed by atoms with Crippen LogP contribution in [0.3, 0.4) is 0 Å². The summed E-state index contributed by atoms with van der Waals surface area (Å²) < 4.78 is 5.23. The van der Waals surface area contributed by atoms with Crippen LogP contribution in [0.15, 0.2) is 30.4 Å². The zero-order chi connectivity index (χ0) is 11.9. The minimum atomic E-state index is -0.567. The van der Waals surface area contributed by atoms with Crippen molar-refractivity contribution in [3.63, 3.8) is 0 Å². The number of fused-ring (bicyclic) bond motifs is 2. The molecule has 0 unspecified atom stereocenters. The molecule has 1 aromatic carbocycles. The van der Waals surface area contributed by atoms with Crippen molar-refractivity contribution in [1.29, 1.82) is 0 Å². The molecule has 2 heterocycles. The zero-order valence-corrected chi connectivity index (χ0v) is 10.8. The van der Waals surface area contributed by atoms with Crippen LogP contribution in [0.1, 0.15) is 5.56 Å². The highest BCUT2D eigenvalue weighted by Crippen LogP contribution is 2.41. The zero-order valence-electron chi connectivity index (χ0n) is 10.0. The summed E-state index contributed by atoms with van der Waals surface area (Å²) in [6.07, 6.45) is 3.99. The molecule has 0 fully saturated rings. The number of methoxy groups -OCH3 is 1. The van der Waals surface area contributed by atoms with Gasteiger partial charge in [0.1, 0.15) is 11.2 Å². The molecule has 3 rings (SSSR count). The van der Waals surface area contributed by atoms with Crippen LogP contribution in [0.5, 0.6) is 5.75 Å². The first-order chi connectivity index (χ1) is 8.26. The summed E-state index contributed by atoms with van der Waals surface area (Å²) in [5.74, 6) is 0.808. The smallest absolute Gasteiger partial charge is 0.240 e. The minimum absolute atomic E-state index is 0. The van der Waals surface area contributed by atoms with Crippen molar-refractivity contribution in [3.8, 4) is 5.75 Å². The second-order valence-corrected chi connectivity index (χ2v) is 4.37. The Labute approximate surface area is 112 Å². The lowest BCUT2D eigenvalue weighted by atomic mass is 9.79. The fourth-order valence-corrected chi connectivity index (χ4v) is 2.50. The van der Waals surface area contributed by atoms with Crippen molar-refractivity contribution in [3.05, 3.63) is 35.9 Å². The number of hydrogen-bond acceptors (Lipinski definition) is 3. The van der Waals surface area contributed by atoms with Crippen LogP contribution in [0.2, 0.25) is 0 Å². The van der Waals surface area contributed by atoms with Crippen LogP contribution in [0.4, 0.5) is 5.69 Å². The predicted octanol–water partition coefficient (Wildman–Crippen LogP) is 1.47. The molecule has 1 atom stereocenters. The first-order valence-electron chi connectivity index (χ1n) is 5.65. The van der Waals surface area contributed by atoms with Gasteiger partial charge >= 0.3 is 0 Å². The highest BCUT2D eigenvalue weighted by atomic mass is 35.5. The van der Waals surface area contributed by atoms with E-state index in [1.165, 1.54) is 0 Å². The Morgan fingerprint density at radius 2 is 2.22 bits per heavy atom. The van der Waals surface area contributed by atoms with E-state index < -0.39 is 5.41 Å². The van der Waals surface area contributed by atoms with E-state index in [2.05, 4.69) is 10.6 Å². The van der Waals surface area contributed by atoms with Crippen molar-refractivity contribution in [1.82, 2.24) is 5.32 Å².